The van der Waals surface area contributed by atoms with E-state index >= 15 is 0 Å². The number of nitrogens with one attached hydrogen (secondary N) is 1. The summed E-state index contributed by atoms with van der Waals surface area (Å²) >= 11 is 1.34. The molecule has 1 aromatic carbocycles. The first kappa shape index (κ1) is 24.1. The van der Waals surface area contributed by atoms with Crippen molar-refractivity contribution in [3.05, 3.63) is 48.3 Å². The lowest BCUT2D eigenvalue weighted by atomic mass is 9.85. The first-order valence-electron chi connectivity index (χ1n) is 10.3. The molecule has 1 aliphatic heterocycles. The number of hydrogen-bond acceptors (Lipinski definition) is 7. The molecule has 0 spiro atoms. The highest BCUT2D eigenvalue weighted by atomic mass is 32.2. The quantitative estimate of drug-likeness (QED) is 0.692. The van der Waals surface area contributed by atoms with Crippen LogP contribution in [0.3, 0.4) is 0 Å². The van der Waals surface area contributed by atoms with Gasteiger partial charge in [-0.1, -0.05) is 17.8 Å². The molecule has 1 aliphatic rings. The van der Waals surface area contributed by atoms with Crippen LogP contribution < -0.4 is 5.32 Å². The van der Waals surface area contributed by atoms with Crippen LogP contribution >= 0.6 is 11.8 Å². The third-order valence-corrected chi connectivity index (χ3v) is 6.30. The summed E-state index contributed by atoms with van der Waals surface area (Å²) in [5.74, 6) is -0.382. The van der Waals surface area contributed by atoms with Crippen molar-refractivity contribution in [3.8, 4) is 11.1 Å². The lowest BCUT2D eigenvalue weighted by Crippen LogP contribution is -2.46. The number of aromatic nitrogens is 2. The Morgan fingerprint density at radius 3 is 2.50 bits per heavy atom. The highest BCUT2D eigenvalue weighted by Gasteiger charge is 2.42. The zero-order chi connectivity index (χ0) is 23.7. The number of hydrogen-bond donors (Lipinski definition) is 2. The molecule has 0 fully saturated rings. The summed E-state index contributed by atoms with van der Waals surface area (Å²) < 4.78 is 19.4. The maximum Gasteiger partial charge on any atom is 0.413 e. The van der Waals surface area contributed by atoms with E-state index in [2.05, 4.69) is 20.3 Å². The van der Waals surface area contributed by atoms with Crippen molar-refractivity contribution >= 4 is 23.0 Å². The SMILES string of the molecule is CC(C)(C)OC(=O)NC1=N[C@H](C(C)(C)O)C[C@@](C)(c2ccc(F)c(-c3cncnc3)c2)S1. The second-order valence-corrected chi connectivity index (χ2v) is 11.1. The van der Waals surface area contributed by atoms with E-state index in [0.717, 1.165) is 5.56 Å². The monoisotopic (exact) mass is 460 g/mol. The standard InChI is InChI=1S/C23H29FN4O3S/c1-21(2,3)31-20(29)28-19-27-18(22(4,5)30)10-23(6,32-19)15-7-8-17(24)16(9-15)14-11-25-13-26-12-14/h7-9,11-13,18,30H,10H2,1-6H3,(H,27,28,29)/t18-,23-/m0/s1. The largest absolute Gasteiger partial charge is 0.444 e. The van der Waals surface area contributed by atoms with Crippen LogP contribution in [0.1, 0.15) is 53.5 Å². The molecule has 0 radical (unpaired) electrons. The zero-order valence-corrected chi connectivity index (χ0v) is 20.0. The normalized spacial score (nSPS) is 21.6. The number of benzene rings is 1. The molecule has 3 rings (SSSR count). The van der Waals surface area contributed by atoms with E-state index in [0.29, 0.717) is 22.7 Å². The number of carbonyl (C=O) groups is 1. The summed E-state index contributed by atoms with van der Waals surface area (Å²) in [6.07, 6.45) is 4.37. The van der Waals surface area contributed by atoms with Crippen molar-refractivity contribution in [1.82, 2.24) is 15.3 Å². The molecule has 2 aromatic rings. The number of amides is 1. The number of halogens is 1. The maximum absolute atomic E-state index is 14.6. The van der Waals surface area contributed by atoms with Gasteiger partial charge >= 0.3 is 6.09 Å². The summed E-state index contributed by atoms with van der Waals surface area (Å²) in [4.78, 5) is 24.9. The van der Waals surface area contributed by atoms with Gasteiger partial charge in [0.2, 0.25) is 0 Å². The second-order valence-electron chi connectivity index (χ2n) is 9.59. The Morgan fingerprint density at radius 2 is 1.91 bits per heavy atom. The van der Waals surface area contributed by atoms with Gasteiger partial charge in [0.1, 0.15) is 17.7 Å². The number of aliphatic hydroxyl groups is 1. The molecule has 0 saturated heterocycles. The van der Waals surface area contributed by atoms with Crippen molar-refractivity contribution in [2.75, 3.05) is 0 Å². The highest BCUT2D eigenvalue weighted by Crippen LogP contribution is 2.47. The third kappa shape index (κ3) is 5.83. The molecule has 0 aliphatic carbocycles. The van der Waals surface area contributed by atoms with Crippen LogP contribution in [-0.4, -0.2) is 43.6 Å². The Morgan fingerprint density at radius 1 is 1.25 bits per heavy atom. The van der Waals surface area contributed by atoms with Crippen LogP contribution in [0.25, 0.3) is 11.1 Å². The van der Waals surface area contributed by atoms with Gasteiger partial charge in [-0.05, 0) is 65.7 Å². The van der Waals surface area contributed by atoms with E-state index in [1.54, 1.807) is 59.1 Å². The van der Waals surface area contributed by atoms with Crippen molar-refractivity contribution in [3.63, 3.8) is 0 Å². The van der Waals surface area contributed by atoms with Gasteiger partial charge in [0.25, 0.3) is 0 Å². The van der Waals surface area contributed by atoms with Crippen molar-refractivity contribution in [1.29, 1.82) is 0 Å². The van der Waals surface area contributed by atoms with Gasteiger partial charge in [-0.2, -0.15) is 0 Å². The van der Waals surface area contributed by atoms with Gasteiger partial charge < -0.3 is 9.84 Å². The maximum atomic E-state index is 14.6. The highest BCUT2D eigenvalue weighted by molar-refractivity contribution is 8.14. The lowest BCUT2D eigenvalue weighted by molar-refractivity contribution is 0.0451. The first-order valence-corrected chi connectivity index (χ1v) is 11.1. The van der Waals surface area contributed by atoms with Crippen LogP contribution in [0.2, 0.25) is 0 Å². The molecule has 0 bridgehead atoms. The number of aliphatic imine (C=N–C) groups is 1. The van der Waals surface area contributed by atoms with Gasteiger partial charge in [-0.25, -0.2) is 19.2 Å². The van der Waals surface area contributed by atoms with Crippen molar-refractivity contribution < 1.29 is 19.0 Å². The number of nitrogens with zero attached hydrogens (tertiary/aromatic N) is 3. The molecule has 9 heteroatoms. The number of thioether (sulfide) groups is 1. The first-order chi connectivity index (χ1) is 14.8. The van der Waals surface area contributed by atoms with Gasteiger partial charge in [-0.3, -0.25) is 10.3 Å². The Balaban J connectivity index is 1.97. The smallest absolute Gasteiger partial charge is 0.413 e. The molecule has 0 saturated carbocycles. The fraction of sp³-hybridized carbons (Fsp3) is 0.478. The Hall–Kier alpha value is -2.52. The van der Waals surface area contributed by atoms with Crippen molar-refractivity contribution in [2.45, 2.75) is 70.0 Å². The topological polar surface area (TPSA) is 96.7 Å². The summed E-state index contributed by atoms with van der Waals surface area (Å²) in [6.45, 7) is 10.7. The molecule has 7 nitrogen and oxygen atoms in total. The van der Waals surface area contributed by atoms with Crippen LogP contribution in [0, 0.1) is 5.82 Å². The van der Waals surface area contributed by atoms with E-state index in [1.807, 2.05) is 6.92 Å². The number of ether oxygens (including phenoxy) is 1. The van der Waals surface area contributed by atoms with Gasteiger partial charge in [0.15, 0.2) is 5.17 Å². The fourth-order valence-electron chi connectivity index (χ4n) is 3.38. The predicted molar refractivity (Wildman–Crippen MR) is 124 cm³/mol. The second kappa shape index (κ2) is 8.78. The molecular weight excluding hydrogens is 431 g/mol. The van der Waals surface area contributed by atoms with E-state index < -0.39 is 28.1 Å². The molecule has 0 unspecified atom stereocenters. The van der Waals surface area contributed by atoms with E-state index in [-0.39, 0.29) is 5.82 Å². The summed E-state index contributed by atoms with van der Waals surface area (Å²) in [6, 6.07) is 4.40. The summed E-state index contributed by atoms with van der Waals surface area (Å²) in [5.41, 5.74) is -0.00783. The van der Waals surface area contributed by atoms with Crippen LogP contribution in [0.4, 0.5) is 9.18 Å². The molecule has 32 heavy (non-hydrogen) atoms. The molecular formula is C23H29FN4O3S. The summed E-state index contributed by atoms with van der Waals surface area (Å²) in [5, 5.41) is 13.7. The Kier molecular flexibility index (Phi) is 6.62. The molecule has 1 amide bonds. The van der Waals surface area contributed by atoms with E-state index in [4.69, 9.17) is 4.74 Å². The number of amidine groups is 1. The molecule has 172 valence electrons. The van der Waals surface area contributed by atoms with Crippen molar-refractivity contribution in [2.24, 2.45) is 4.99 Å². The molecule has 1 aromatic heterocycles. The van der Waals surface area contributed by atoms with Gasteiger partial charge in [0.05, 0.1) is 11.6 Å². The number of carbonyl (C=O) groups excluding carboxylic acids is 1. The number of alkyl carbamates (subject to hydrolysis) is 1. The zero-order valence-electron chi connectivity index (χ0n) is 19.1. The Bertz CT molecular complexity index is 1020. The number of rotatable bonds is 3. The fourth-order valence-corrected chi connectivity index (χ4v) is 4.61. The molecule has 2 N–H and O–H groups in total. The average Bonchev–Trinajstić information content (AvgIpc) is 2.66. The Labute approximate surface area is 191 Å². The van der Waals surface area contributed by atoms with E-state index in [1.165, 1.54) is 24.2 Å². The predicted octanol–water partition coefficient (Wildman–Crippen LogP) is 4.66. The minimum atomic E-state index is -1.13. The van der Waals surface area contributed by atoms with Crippen LogP contribution in [-0.2, 0) is 9.48 Å². The van der Waals surface area contributed by atoms with Gasteiger partial charge in [-0.15, -0.1) is 0 Å². The third-order valence-electron chi connectivity index (χ3n) is 5.05. The summed E-state index contributed by atoms with van der Waals surface area (Å²) in [7, 11) is 0. The van der Waals surface area contributed by atoms with Gasteiger partial charge in [0, 0.05) is 28.3 Å². The minimum Gasteiger partial charge on any atom is -0.444 e. The van der Waals surface area contributed by atoms with Crippen LogP contribution in [0.15, 0.2) is 41.9 Å². The molecule has 2 heterocycles. The molecule has 2 atom stereocenters. The van der Waals surface area contributed by atoms with Crippen LogP contribution in [0.5, 0.6) is 0 Å². The average molecular weight is 461 g/mol. The lowest BCUT2D eigenvalue weighted by Gasteiger charge is -2.40. The van der Waals surface area contributed by atoms with E-state index in [9.17, 15) is 14.3 Å². The minimum absolute atomic E-state index is 0.342.